The highest BCUT2D eigenvalue weighted by molar-refractivity contribution is 7.98. The summed E-state index contributed by atoms with van der Waals surface area (Å²) < 4.78 is 10.5. The minimum Gasteiger partial charge on any atom is -0.496 e. The van der Waals surface area contributed by atoms with Crippen LogP contribution in [0, 0.1) is 0 Å². The molecule has 0 bridgehead atoms. The van der Waals surface area contributed by atoms with Gasteiger partial charge in [0.15, 0.2) is 10.9 Å². The molecule has 0 fully saturated rings. The summed E-state index contributed by atoms with van der Waals surface area (Å²) >= 11 is 1.43. The number of carbonyl (C=O) groups excluding carboxylic acids is 1. The third-order valence-corrected chi connectivity index (χ3v) is 3.84. The lowest BCUT2D eigenvalue weighted by atomic mass is 10.1. The molecule has 0 spiro atoms. The monoisotopic (exact) mass is 335 g/mol. The smallest absolute Gasteiger partial charge is 0.335 e. The molecule has 1 aromatic carbocycles. The van der Waals surface area contributed by atoms with E-state index < -0.39 is 5.97 Å². The minimum absolute atomic E-state index is 0.162. The number of methoxy groups -OCH3 is 1. The second-order valence-electron chi connectivity index (χ2n) is 4.66. The van der Waals surface area contributed by atoms with E-state index in [1.54, 1.807) is 18.2 Å². The molecule has 7 heteroatoms. The van der Waals surface area contributed by atoms with Gasteiger partial charge in [-0.05, 0) is 42.5 Å². The zero-order valence-corrected chi connectivity index (χ0v) is 13.6. The van der Waals surface area contributed by atoms with Crippen LogP contribution in [0.5, 0.6) is 5.75 Å². The van der Waals surface area contributed by atoms with Crippen molar-refractivity contribution in [2.75, 3.05) is 19.9 Å². The summed E-state index contributed by atoms with van der Waals surface area (Å²) in [5.74, 6) is -0.540. The molecule has 6 nitrogen and oxygen atoms in total. The van der Waals surface area contributed by atoms with Crippen LogP contribution in [0.4, 0.5) is 0 Å². The van der Waals surface area contributed by atoms with Gasteiger partial charge >= 0.3 is 5.97 Å². The van der Waals surface area contributed by atoms with Crippen molar-refractivity contribution in [3.05, 3.63) is 47.2 Å². The number of rotatable bonds is 7. The zero-order chi connectivity index (χ0) is 16.8. The third kappa shape index (κ3) is 4.29. The Labute approximate surface area is 137 Å². The number of amides is 1. The van der Waals surface area contributed by atoms with Gasteiger partial charge in [0.2, 0.25) is 0 Å². The van der Waals surface area contributed by atoms with Gasteiger partial charge in [-0.1, -0.05) is 17.8 Å². The Morgan fingerprint density at radius 1 is 1.30 bits per heavy atom. The largest absolute Gasteiger partial charge is 0.496 e. The number of carboxylic acid groups (broad SMARTS) is 1. The first-order valence-electron chi connectivity index (χ1n) is 6.87. The maximum Gasteiger partial charge on any atom is 0.335 e. The molecule has 0 unspecified atom stereocenters. The fourth-order valence-corrected chi connectivity index (χ4v) is 2.41. The Morgan fingerprint density at radius 3 is 2.70 bits per heavy atom. The summed E-state index contributed by atoms with van der Waals surface area (Å²) in [5.41, 5.74) is 0.983. The van der Waals surface area contributed by atoms with E-state index in [9.17, 15) is 9.59 Å². The maximum atomic E-state index is 11.9. The first kappa shape index (κ1) is 17.0. The number of thioether (sulfide) groups is 1. The minimum atomic E-state index is -1.01. The number of carboxylic acids is 1. The summed E-state index contributed by atoms with van der Waals surface area (Å²) in [4.78, 5) is 22.9. The molecule has 1 heterocycles. The lowest BCUT2D eigenvalue weighted by Gasteiger charge is -2.10. The molecule has 0 saturated heterocycles. The van der Waals surface area contributed by atoms with Gasteiger partial charge < -0.3 is 19.6 Å². The van der Waals surface area contributed by atoms with Crippen molar-refractivity contribution in [3.8, 4) is 5.75 Å². The lowest BCUT2D eigenvalue weighted by molar-refractivity contribution is 0.0696. The van der Waals surface area contributed by atoms with Gasteiger partial charge in [-0.15, -0.1) is 0 Å². The third-order valence-electron chi connectivity index (χ3n) is 3.22. The molecule has 122 valence electrons. The number of hydrogen-bond acceptors (Lipinski definition) is 5. The summed E-state index contributed by atoms with van der Waals surface area (Å²) in [6.45, 7) is 0.386. The Balaban J connectivity index is 1.95. The molecule has 2 rings (SSSR count). The molecule has 1 aromatic heterocycles. The lowest BCUT2D eigenvalue weighted by Crippen LogP contribution is -2.25. The maximum absolute atomic E-state index is 11.9. The number of benzene rings is 1. The van der Waals surface area contributed by atoms with Gasteiger partial charge in [-0.3, -0.25) is 4.79 Å². The molecular formula is C16H17NO5S. The van der Waals surface area contributed by atoms with E-state index in [4.69, 9.17) is 14.3 Å². The molecule has 0 atom stereocenters. The molecule has 0 aliphatic carbocycles. The van der Waals surface area contributed by atoms with Crippen LogP contribution in [0.25, 0.3) is 0 Å². The van der Waals surface area contributed by atoms with E-state index in [-0.39, 0.29) is 17.2 Å². The van der Waals surface area contributed by atoms with Crippen molar-refractivity contribution in [1.29, 1.82) is 0 Å². The molecule has 2 aromatic rings. The van der Waals surface area contributed by atoms with E-state index >= 15 is 0 Å². The molecule has 1 amide bonds. The highest BCUT2D eigenvalue weighted by Crippen LogP contribution is 2.21. The quantitative estimate of drug-likeness (QED) is 0.756. The van der Waals surface area contributed by atoms with Gasteiger partial charge in [0.25, 0.3) is 5.91 Å². The number of furan rings is 1. The molecule has 0 aliphatic rings. The Morgan fingerprint density at radius 2 is 2.09 bits per heavy atom. The number of nitrogens with one attached hydrogen (secondary N) is 1. The van der Waals surface area contributed by atoms with Crippen LogP contribution < -0.4 is 10.1 Å². The number of aromatic carboxylic acids is 1. The summed E-state index contributed by atoms with van der Waals surface area (Å²) in [6, 6.07) is 8.04. The highest BCUT2D eigenvalue weighted by atomic mass is 32.2. The molecule has 0 aliphatic heterocycles. The molecular weight excluding hydrogens is 318 g/mol. The van der Waals surface area contributed by atoms with Gasteiger partial charge in [-0.2, -0.15) is 0 Å². The van der Waals surface area contributed by atoms with Crippen molar-refractivity contribution in [2.45, 2.75) is 11.5 Å². The van der Waals surface area contributed by atoms with Crippen molar-refractivity contribution in [1.82, 2.24) is 5.32 Å². The van der Waals surface area contributed by atoms with E-state index in [0.717, 1.165) is 5.56 Å². The fourth-order valence-electron chi connectivity index (χ4n) is 2.03. The fraction of sp³-hybridized carbons (Fsp3) is 0.250. The molecule has 23 heavy (non-hydrogen) atoms. The standard InChI is InChI=1S/C16H17NO5S/c1-21-13-9-11(16(19)20)4-3-10(13)7-8-17-15(18)12-5-6-14(22-12)23-2/h3-6,9H,7-8H2,1-2H3,(H,17,18)(H,19,20). The zero-order valence-electron chi connectivity index (χ0n) is 12.8. The van der Waals surface area contributed by atoms with E-state index in [0.29, 0.717) is 23.8 Å². The van der Waals surface area contributed by atoms with E-state index in [2.05, 4.69) is 5.32 Å². The van der Waals surface area contributed by atoms with Crippen LogP contribution in [0.2, 0.25) is 0 Å². The van der Waals surface area contributed by atoms with Crippen molar-refractivity contribution in [3.63, 3.8) is 0 Å². The predicted molar refractivity (Wildman–Crippen MR) is 86.5 cm³/mol. The average molecular weight is 335 g/mol. The van der Waals surface area contributed by atoms with Crippen LogP contribution in [-0.2, 0) is 6.42 Å². The van der Waals surface area contributed by atoms with Crippen LogP contribution in [0.3, 0.4) is 0 Å². The summed E-state index contributed by atoms with van der Waals surface area (Å²) in [6.07, 6.45) is 2.39. The van der Waals surface area contributed by atoms with Gasteiger partial charge in [0, 0.05) is 6.54 Å². The Bertz CT molecular complexity index is 710. The second-order valence-corrected chi connectivity index (χ2v) is 5.47. The normalized spacial score (nSPS) is 10.3. The molecule has 2 N–H and O–H groups in total. The SMILES string of the molecule is COc1cc(C(=O)O)ccc1CCNC(=O)c1ccc(SC)o1. The first-order valence-corrected chi connectivity index (χ1v) is 8.10. The van der Waals surface area contributed by atoms with Crippen LogP contribution >= 0.6 is 11.8 Å². The number of ether oxygens (including phenoxy) is 1. The van der Waals surface area contributed by atoms with Crippen molar-refractivity contribution in [2.24, 2.45) is 0 Å². The second kappa shape index (κ2) is 7.73. The highest BCUT2D eigenvalue weighted by Gasteiger charge is 2.12. The van der Waals surface area contributed by atoms with E-state index in [1.807, 2.05) is 6.26 Å². The van der Waals surface area contributed by atoms with Gasteiger partial charge in [0.1, 0.15) is 5.75 Å². The van der Waals surface area contributed by atoms with Crippen LogP contribution in [-0.4, -0.2) is 36.9 Å². The summed E-state index contributed by atoms with van der Waals surface area (Å²) in [5, 5.41) is 12.4. The molecule has 0 radical (unpaired) electrons. The Kier molecular flexibility index (Phi) is 5.70. The van der Waals surface area contributed by atoms with Crippen LogP contribution in [0.1, 0.15) is 26.5 Å². The first-order chi connectivity index (χ1) is 11.0. The van der Waals surface area contributed by atoms with Crippen LogP contribution in [0.15, 0.2) is 39.8 Å². The van der Waals surface area contributed by atoms with Crippen molar-refractivity contribution >= 4 is 23.6 Å². The molecule has 0 saturated carbocycles. The van der Waals surface area contributed by atoms with Gasteiger partial charge in [0.05, 0.1) is 12.7 Å². The summed E-state index contributed by atoms with van der Waals surface area (Å²) in [7, 11) is 1.48. The number of carbonyl (C=O) groups is 2. The Hall–Kier alpha value is -2.41. The average Bonchev–Trinajstić information content (AvgIpc) is 3.04. The number of hydrogen-bond donors (Lipinski definition) is 2. The van der Waals surface area contributed by atoms with Gasteiger partial charge in [-0.25, -0.2) is 4.79 Å². The van der Waals surface area contributed by atoms with E-state index in [1.165, 1.54) is 31.0 Å². The predicted octanol–water partition coefficient (Wildman–Crippen LogP) is 2.68. The van der Waals surface area contributed by atoms with Crippen molar-refractivity contribution < 1.29 is 23.8 Å². The topological polar surface area (TPSA) is 88.8 Å².